The summed E-state index contributed by atoms with van der Waals surface area (Å²) >= 11 is 0. The van der Waals surface area contributed by atoms with Crippen molar-refractivity contribution < 1.29 is 33.6 Å². The SMILES string of the molecule is CO[C@H]1O[C@H](COCc2ccccc2)[C@H](OCc2ccccc2)[C@H](C(=O)O)[C@H]1OCc1ccccc1. The number of hydrogen-bond donors (Lipinski definition) is 1. The molecule has 1 fully saturated rings. The summed E-state index contributed by atoms with van der Waals surface area (Å²) in [6.07, 6.45) is -3.25. The second kappa shape index (κ2) is 13.3. The Morgan fingerprint density at radius 1 is 0.750 bits per heavy atom. The minimum atomic E-state index is -1.04. The van der Waals surface area contributed by atoms with Gasteiger partial charge in [0.2, 0.25) is 0 Å². The van der Waals surface area contributed by atoms with E-state index in [1.807, 2.05) is 91.0 Å². The monoisotopic (exact) mass is 492 g/mol. The van der Waals surface area contributed by atoms with E-state index in [2.05, 4.69) is 0 Å². The number of ether oxygens (including phenoxy) is 5. The maximum absolute atomic E-state index is 12.6. The lowest BCUT2D eigenvalue weighted by Gasteiger charge is -2.44. The van der Waals surface area contributed by atoms with Gasteiger partial charge in [-0.3, -0.25) is 4.79 Å². The van der Waals surface area contributed by atoms with Crippen molar-refractivity contribution in [3.63, 3.8) is 0 Å². The zero-order valence-corrected chi connectivity index (χ0v) is 20.3. The lowest BCUT2D eigenvalue weighted by molar-refractivity contribution is -0.302. The first-order valence-electron chi connectivity index (χ1n) is 12.0. The van der Waals surface area contributed by atoms with Crippen molar-refractivity contribution in [3.8, 4) is 0 Å². The molecule has 0 radical (unpaired) electrons. The number of methoxy groups -OCH3 is 1. The molecular formula is C29H32O7. The van der Waals surface area contributed by atoms with Gasteiger partial charge in [0.15, 0.2) is 6.29 Å². The van der Waals surface area contributed by atoms with Gasteiger partial charge in [0.25, 0.3) is 0 Å². The Bertz CT molecular complexity index is 1040. The highest BCUT2D eigenvalue weighted by Crippen LogP contribution is 2.33. The summed E-state index contributed by atoms with van der Waals surface area (Å²) in [5.74, 6) is -2.06. The summed E-state index contributed by atoms with van der Waals surface area (Å²) in [6, 6.07) is 29.0. The highest BCUT2D eigenvalue weighted by molar-refractivity contribution is 5.72. The summed E-state index contributed by atoms with van der Waals surface area (Å²) < 4.78 is 30.0. The van der Waals surface area contributed by atoms with Crippen molar-refractivity contribution >= 4 is 5.97 Å². The summed E-state index contributed by atoms with van der Waals surface area (Å²) in [5.41, 5.74) is 2.87. The molecule has 7 nitrogen and oxygen atoms in total. The van der Waals surface area contributed by atoms with Gasteiger partial charge in [0.05, 0.1) is 26.4 Å². The Hall–Kier alpha value is -3.07. The molecule has 1 saturated heterocycles. The highest BCUT2D eigenvalue weighted by atomic mass is 16.7. The van der Waals surface area contributed by atoms with Gasteiger partial charge in [-0.05, 0) is 16.7 Å². The zero-order valence-electron chi connectivity index (χ0n) is 20.3. The van der Waals surface area contributed by atoms with Crippen LogP contribution in [-0.2, 0) is 48.3 Å². The fraction of sp³-hybridized carbons (Fsp3) is 0.345. The molecule has 0 aromatic heterocycles. The molecule has 0 saturated carbocycles. The number of carboxylic acids is 1. The third-order valence-corrected chi connectivity index (χ3v) is 6.13. The van der Waals surface area contributed by atoms with E-state index >= 15 is 0 Å². The normalized spacial score (nSPS) is 23.9. The number of aliphatic carboxylic acids is 1. The van der Waals surface area contributed by atoms with E-state index in [0.717, 1.165) is 16.7 Å². The molecule has 0 unspecified atom stereocenters. The minimum Gasteiger partial charge on any atom is -0.481 e. The van der Waals surface area contributed by atoms with Gasteiger partial charge in [-0.15, -0.1) is 0 Å². The Kier molecular flexibility index (Phi) is 9.61. The number of carboxylic acid groups (broad SMARTS) is 1. The molecule has 1 heterocycles. The van der Waals surface area contributed by atoms with Gasteiger partial charge in [0.1, 0.15) is 24.2 Å². The quantitative estimate of drug-likeness (QED) is 0.400. The lowest BCUT2D eigenvalue weighted by Crippen LogP contribution is -2.60. The molecule has 4 rings (SSSR count). The molecule has 0 spiro atoms. The Labute approximate surface area is 211 Å². The van der Waals surface area contributed by atoms with Crippen LogP contribution in [0.5, 0.6) is 0 Å². The molecule has 1 aliphatic rings. The van der Waals surface area contributed by atoms with E-state index in [1.54, 1.807) is 0 Å². The molecule has 7 heteroatoms. The number of benzene rings is 3. The van der Waals surface area contributed by atoms with Crippen LogP contribution in [0.4, 0.5) is 0 Å². The van der Waals surface area contributed by atoms with Gasteiger partial charge < -0.3 is 28.8 Å². The molecule has 36 heavy (non-hydrogen) atoms. The van der Waals surface area contributed by atoms with Crippen LogP contribution in [0.3, 0.4) is 0 Å². The van der Waals surface area contributed by atoms with Crippen LogP contribution in [0, 0.1) is 5.92 Å². The van der Waals surface area contributed by atoms with Crippen LogP contribution < -0.4 is 0 Å². The van der Waals surface area contributed by atoms with Crippen molar-refractivity contribution in [2.75, 3.05) is 13.7 Å². The van der Waals surface area contributed by atoms with E-state index in [4.69, 9.17) is 23.7 Å². The molecule has 190 valence electrons. The van der Waals surface area contributed by atoms with E-state index in [0.29, 0.717) is 6.61 Å². The van der Waals surface area contributed by atoms with Crippen LogP contribution in [0.15, 0.2) is 91.0 Å². The lowest BCUT2D eigenvalue weighted by atomic mass is 9.88. The number of carbonyl (C=O) groups is 1. The van der Waals surface area contributed by atoms with Crippen LogP contribution >= 0.6 is 0 Å². The second-order valence-corrected chi connectivity index (χ2v) is 8.67. The average molecular weight is 493 g/mol. The summed E-state index contributed by atoms with van der Waals surface area (Å²) in [5, 5.41) is 10.3. The standard InChI is InChI=1S/C29H32O7/c1-32-29-27(35-19-23-15-9-4-10-16-23)25(28(30)31)26(34-18-22-13-7-3-8-14-22)24(36-29)20-33-17-21-11-5-2-6-12-21/h2-16,24-27,29H,17-20H2,1H3,(H,30,31)/t24-,25+,26+,27-,29+/m1/s1. The van der Waals surface area contributed by atoms with Crippen LogP contribution in [0.2, 0.25) is 0 Å². The third kappa shape index (κ3) is 7.00. The molecular weight excluding hydrogens is 460 g/mol. The first-order valence-corrected chi connectivity index (χ1v) is 12.0. The van der Waals surface area contributed by atoms with E-state index < -0.39 is 36.5 Å². The zero-order chi connectivity index (χ0) is 25.2. The summed E-state index contributed by atoms with van der Waals surface area (Å²) in [6.45, 7) is 0.967. The van der Waals surface area contributed by atoms with Crippen molar-refractivity contribution in [2.45, 2.75) is 44.4 Å². The summed E-state index contributed by atoms with van der Waals surface area (Å²) in [7, 11) is 1.48. The fourth-order valence-corrected chi connectivity index (χ4v) is 4.31. The maximum Gasteiger partial charge on any atom is 0.312 e. The van der Waals surface area contributed by atoms with Gasteiger partial charge in [-0.2, -0.15) is 0 Å². The van der Waals surface area contributed by atoms with Crippen LogP contribution in [0.1, 0.15) is 16.7 Å². The molecule has 3 aromatic carbocycles. The Morgan fingerprint density at radius 2 is 1.22 bits per heavy atom. The molecule has 0 bridgehead atoms. The first kappa shape index (κ1) is 26.0. The molecule has 0 aliphatic carbocycles. The number of rotatable bonds is 12. The fourth-order valence-electron chi connectivity index (χ4n) is 4.31. The topological polar surface area (TPSA) is 83.5 Å². The van der Waals surface area contributed by atoms with Crippen molar-refractivity contribution in [1.82, 2.24) is 0 Å². The van der Waals surface area contributed by atoms with Crippen LogP contribution in [-0.4, -0.2) is 49.4 Å². The third-order valence-electron chi connectivity index (χ3n) is 6.13. The Morgan fingerprint density at radius 3 is 1.69 bits per heavy atom. The molecule has 1 aliphatic heterocycles. The highest BCUT2D eigenvalue weighted by Gasteiger charge is 2.51. The van der Waals surface area contributed by atoms with Gasteiger partial charge in [-0.25, -0.2) is 0 Å². The van der Waals surface area contributed by atoms with Crippen LogP contribution in [0.25, 0.3) is 0 Å². The van der Waals surface area contributed by atoms with Gasteiger partial charge in [-0.1, -0.05) is 91.0 Å². The predicted octanol–water partition coefficient (Wildman–Crippen LogP) is 4.45. The predicted molar refractivity (Wildman–Crippen MR) is 133 cm³/mol. The smallest absolute Gasteiger partial charge is 0.312 e. The van der Waals surface area contributed by atoms with Gasteiger partial charge >= 0.3 is 5.97 Å². The van der Waals surface area contributed by atoms with Crippen molar-refractivity contribution in [2.24, 2.45) is 5.92 Å². The second-order valence-electron chi connectivity index (χ2n) is 8.67. The molecule has 3 aromatic rings. The first-order chi connectivity index (χ1) is 17.7. The summed E-state index contributed by atoms with van der Waals surface area (Å²) in [4.78, 5) is 12.6. The number of hydrogen-bond acceptors (Lipinski definition) is 6. The Balaban J connectivity index is 1.52. The van der Waals surface area contributed by atoms with Crippen molar-refractivity contribution in [1.29, 1.82) is 0 Å². The molecule has 5 atom stereocenters. The molecule has 0 amide bonds. The average Bonchev–Trinajstić information content (AvgIpc) is 2.92. The van der Waals surface area contributed by atoms with E-state index in [-0.39, 0.29) is 19.8 Å². The van der Waals surface area contributed by atoms with Crippen molar-refractivity contribution in [3.05, 3.63) is 108 Å². The minimum absolute atomic E-state index is 0.142. The van der Waals surface area contributed by atoms with E-state index in [1.165, 1.54) is 7.11 Å². The van der Waals surface area contributed by atoms with Gasteiger partial charge in [0, 0.05) is 7.11 Å². The molecule has 1 N–H and O–H groups in total. The van der Waals surface area contributed by atoms with E-state index in [9.17, 15) is 9.90 Å². The largest absolute Gasteiger partial charge is 0.481 e. The maximum atomic E-state index is 12.6.